The lowest BCUT2D eigenvalue weighted by molar-refractivity contribution is -0.130. The van der Waals surface area contributed by atoms with E-state index >= 15 is 0 Å². The van der Waals surface area contributed by atoms with E-state index in [0.717, 1.165) is 17.7 Å². The molecule has 1 unspecified atom stereocenters. The highest BCUT2D eigenvalue weighted by Gasteiger charge is 2.17. The Morgan fingerprint density at radius 1 is 1.17 bits per heavy atom. The number of carbonyl (C=O) groups is 1. The van der Waals surface area contributed by atoms with Crippen LogP contribution >= 0.6 is 11.8 Å². The fourth-order valence-corrected chi connectivity index (χ4v) is 4.31. The molecular weight excluding hydrogens is 402 g/mol. The van der Waals surface area contributed by atoms with E-state index in [1.807, 2.05) is 49.0 Å². The summed E-state index contributed by atoms with van der Waals surface area (Å²) in [6.45, 7) is 2.35. The van der Waals surface area contributed by atoms with E-state index < -0.39 is 12.0 Å². The van der Waals surface area contributed by atoms with Crippen LogP contribution in [0, 0.1) is 6.92 Å². The van der Waals surface area contributed by atoms with Crippen molar-refractivity contribution in [3.63, 3.8) is 0 Å². The van der Waals surface area contributed by atoms with Crippen molar-refractivity contribution in [1.82, 2.24) is 5.32 Å². The Kier molecular flexibility index (Phi) is 8.28. The minimum Gasteiger partial charge on any atom is -0.493 e. The lowest BCUT2D eigenvalue weighted by Crippen LogP contribution is -2.40. The van der Waals surface area contributed by atoms with Crippen LogP contribution in [0.2, 0.25) is 0 Å². The second-order valence-corrected chi connectivity index (χ2v) is 8.28. The summed E-state index contributed by atoms with van der Waals surface area (Å²) < 4.78 is 16.8. The van der Waals surface area contributed by atoms with Gasteiger partial charge in [0.05, 0.1) is 13.7 Å². The molecular formula is C23H29NO5S. The molecule has 2 aromatic rings. The maximum absolute atomic E-state index is 12.1. The highest BCUT2D eigenvalue weighted by atomic mass is 32.2. The van der Waals surface area contributed by atoms with Gasteiger partial charge in [-0.3, -0.25) is 4.79 Å². The van der Waals surface area contributed by atoms with Gasteiger partial charge >= 0.3 is 0 Å². The third-order valence-corrected chi connectivity index (χ3v) is 6.08. The molecule has 2 aromatic carbocycles. The van der Waals surface area contributed by atoms with Crippen molar-refractivity contribution in [2.45, 2.75) is 37.2 Å². The maximum Gasteiger partial charge on any atom is 0.252 e. The van der Waals surface area contributed by atoms with Crippen LogP contribution in [0.5, 0.6) is 17.2 Å². The predicted molar refractivity (Wildman–Crippen MR) is 118 cm³/mol. The van der Waals surface area contributed by atoms with Crippen molar-refractivity contribution in [1.29, 1.82) is 0 Å². The van der Waals surface area contributed by atoms with E-state index in [0.29, 0.717) is 17.2 Å². The van der Waals surface area contributed by atoms with Crippen LogP contribution in [-0.2, 0) is 11.2 Å². The summed E-state index contributed by atoms with van der Waals surface area (Å²) in [5, 5.41) is 12.7. The summed E-state index contributed by atoms with van der Waals surface area (Å²) in [7, 11) is 1.63. The van der Waals surface area contributed by atoms with Crippen LogP contribution in [0.25, 0.3) is 0 Å². The van der Waals surface area contributed by atoms with Crippen LogP contribution < -0.4 is 19.5 Å². The minimum atomic E-state index is -1.25. The minimum absolute atomic E-state index is 0.104. The van der Waals surface area contributed by atoms with Crippen molar-refractivity contribution < 1.29 is 24.1 Å². The Morgan fingerprint density at radius 2 is 2.00 bits per heavy atom. The van der Waals surface area contributed by atoms with Gasteiger partial charge < -0.3 is 24.6 Å². The number of hydrogen-bond donors (Lipinski definition) is 2. The van der Waals surface area contributed by atoms with E-state index in [1.165, 1.54) is 23.3 Å². The van der Waals surface area contributed by atoms with Crippen molar-refractivity contribution in [3.05, 3.63) is 47.5 Å². The quantitative estimate of drug-likeness (QED) is 0.593. The molecule has 1 aliphatic rings. The van der Waals surface area contributed by atoms with Crippen molar-refractivity contribution in [2.75, 3.05) is 32.6 Å². The Morgan fingerprint density at radius 3 is 2.80 bits per heavy atom. The lowest BCUT2D eigenvalue weighted by atomic mass is 10.1. The number of ether oxygens (including phenoxy) is 3. The molecule has 0 saturated heterocycles. The first kappa shape index (κ1) is 22.3. The number of carbonyl (C=O) groups excluding carboxylic acids is 1. The number of aliphatic hydroxyl groups excluding tert-OH is 1. The zero-order valence-corrected chi connectivity index (χ0v) is 18.3. The normalized spacial score (nSPS) is 14.2. The van der Waals surface area contributed by atoms with Gasteiger partial charge in [0.1, 0.15) is 19.0 Å². The fraction of sp³-hybridized carbons (Fsp3) is 0.435. The van der Waals surface area contributed by atoms with Crippen LogP contribution in [-0.4, -0.2) is 49.7 Å². The van der Waals surface area contributed by atoms with Gasteiger partial charge in [0.25, 0.3) is 5.91 Å². The number of amides is 1. The van der Waals surface area contributed by atoms with Crippen molar-refractivity contribution >= 4 is 17.7 Å². The summed E-state index contributed by atoms with van der Waals surface area (Å²) in [5.41, 5.74) is 2.25. The monoisotopic (exact) mass is 431 g/mol. The van der Waals surface area contributed by atoms with E-state index in [2.05, 4.69) is 5.32 Å². The SMILES string of the molecule is COc1cc2c(cc1OCCNC(=O)C(O)COc1ccccc1C)SCCCC2. The first-order valence-electron chi connectivity index (χ1n) is 10.2. The molecule has 0 saturated carbocycles. The molecule has 0 spiro atoms. The Hall–Kier alpha value is -2.38. The number of thioether (sulfide) groups is 1. The van der Waals surface area contributed by atoms with Crippen LogP contribution in [0.15, 0.2) is 41.3 Å². The third-order valence-electron chi connectivity index (χ3n) is 4.90. The lowest BCUT2D eigenvalue weighted by Gasteiger charge is -2.16. The standard InChI is InChI=1S/C23H29NO5S/c1-16-7-3-4-9-19(16)29-15-18(25)23(26)24-10-11-28-21-14-22-17(13-20(21)27-2)8-5-6-12-30-22/h3-4,7,9,13-14,18,25H,5-6,8,10-12,15H2,1-2H3,(H,24,26). The van der Waals surface area contributed by atoms with Gasteiger partial charge in [0.2, 0.25) is 0 Å². The summed E-state index contributed by atoms with van der Waals surface area (Å²) in [6.07, 6.45) is 2.20. The number of aryl methyl sites for hydroxylation is 2. The van der Waals surface area contributed by atoms with Gasteiger partial charge in [-0.25, -0.2) is 0 Å². The molecule has 0 fully saturated rings. The zero-order valence-electron chi connectivity index (χ0n) is 17.5. The predicted octanol–water partition coefficient (Wildman–Crippen LogP) is 3.37. The number of benzene rings is 2. The summed E-state index contributed by atoms with van der Waals surface area (Å²) >= 11 is 1.84. The molecule has 0 bridgehead atoms. The number of fused-ring (bicyclic) bond motifs is 1. The van der Waals surface area contributed by atoms with E-state index in [9.17, 15) is 9.90 Å². The maximum atomic E-state index is 12.1. The number of methoxy groups -OCH3 is 1. The topological polar surface area (TPSA) is 77.0 Å². The third kappa shape index (κ3) is 6.06. The van der Waals surface area contributed by atoms with Gasteiger partial charge in [-0.15, -0.1) is 11.8 Å². The summed E-state index contributed by atoms with van der Waals surface area (Å²) in [6, 6.07) is 11.5. The average molecular weight is 432 g/mol. The Labute approximate surface area is 181 Å². The first-order valence-corrected chi connectivity index (χ1v) is 11.2. The average Bonchev–Trinajstić information content (AvgIpc) is 2.99. The van der Waals surface area contributed by atoms with E-state index in [4.69, 9.17) is 14.2 Å². The first-order chi connectivity index (χ1) is 14.6. The molecule has 1 heterocycles. The smallest absolute Gasteiger partial charge is 0.252 e. The number of rotatable bonds is 9. The molecule has 3 rings (SSSR count). The molecule has 1 atom stereocenters. The molecule has 162 valence electrons. The van der Waals surface area contributed by atoms with Gasteiger partial charge in [0.15, 0.2) is 17.6 Å². The molecule has 0 aliphatic carbocycles. The number of nitrogens with one attached hydrogen (secondary N) is 1. The molecule has 30 heavy (non-hydrogen) atoms. The molecule has 2 N–H and O–H groups in total. The largest absolute Gasteiger partial charge is 0.493 e. The van der Waals surface area contributed by atoms with E-state index in [1.54, 1.807) is 13.2 Å². The van der Waals surface area contributed by atoms with Crippen molar-refractivity contribution in [2.24, 2.45) is 0 Å². The second-order valence-electron chi connectivity index (χ2n) is 7.15. The molecule has 0 aromatic heterocycles. The van der Waals surface area contributed by atoms with Crippen molar-refractivity contribution in [3.8, 4) is 17.2 Å². The molecule has 1 amide bonds. The number of hydrogen-bond acceptors (Lipinski definition) is 6. The highest BCUT2D eigenvalue weighted by molar-refractivity contribution is 7.99. The van der Waals surface area contributed by atoms with Gasteiger partial charge in [-0.1, -0.05) is 18.2 Å². The Bertz CT molecular complexity index is 857. The zero-order chi connectivity index (χ0) is 21.3. The van der Waals surface area contributed by atoms with Crippen LogP contribution in [0.4, 0.5) is 0 Å². The highest BCUT2D eigenvalue weighted by Crippen LogP contribution is 2.38. The number of para-hydroxylation sites is 1. The van der Waals surface area contributed by atoms with Gasteiger partial charge in [-0.05, 0) is 61.3 Å². The summed E-state index contributed by atoms with van der Waals surface area (Å²) in [4.78, 5) is 13.3. The molecule has 0 radical (unpaired) electrons. The van der Waals surface area contributed by atoms with Gasteiger partial charge in [-0.2, -0.15) is 0 Å². The second kappa shape index (κ2) is 11.1. The summed E-state index contributed by atoms with van der Waals surface area (Å²) in [5.74, 6) is 2.65. The van der Waals surface area contributed by atoms with Crippen LogP contribution in [0.3, 0.4) is 0 Å². The van der Waals surface area contributed by atoms with Gasteiger partial charge in [0, 0.05) is 4.90 Å². The molecule has 6 nitrogen and oxygen atoms in total. The fourth-order valence-electron chi connectivity index (χ4n) is 3.20. The molecule has 1 aliphatic heterocycles. The number of aliphatic hydroxyl groups is 1. The van der Waals surface area contributed by atoms with E-state index in [-0.39, 0.29) is 19.8 Å². The molecule has 7 heteroatoms. The van der Waals surface area contributed by atoms with Crippen LogP contribution in [0.1, 0.15) is 24.0 Å². The Balaban J connectivity index is 1.45.